The number of rotatable bonds is 2. The van der Waals surface area contributed by atoms with Crippen LogP contribution in [0.1, 0.15) is 4.88 Å². The van der Waals surface area contributed by atoms with Crippen molar-refractivity contribution in [1.29, 1.82) is 0 Å². The summed E-state index contributed by atoms with van der Waals surface area (Å²) in [5.74, 6) is 0. The van der Waals surface area contributed by atoms with Crippen LogP contribution in [0.3, 0.4) is 0 Å². The normalized spacial score (nSPS) is 11.8. The minimum absolute atomic E-state index is 0.321. The Morgan fingerprint density at radius 3 is 2.95 bits per heavy atom. The van der Waals surface area contributed by atoms with E-state index in [0.717, 1.165) is 26.9 Å². The van der Waals surface area contributed by atoms with E-state index in [0.29, 0.717) is 4.77 Å². The van der Waals surface area contributed by atoms with Gasteiger partial charge in [-0.25, -0.2) is 0 Å². The van der Waals surface area contributed by atoms with Gasteiger partial charge >= 0.3 is 0 Å². The first-order chi connectivity index (χ1) is 10.3. The van der Waals surface area contributed by atoms with Gasteiger partial charge in [0.25, 0.3) is 0 Å². The van der Waals surface area contributed by atoms with Gasteiger partial charge in [-0.3, -0.25) is 0 Å². The highest BCUT2D eigenvalue weighted by Gasteiger charge is 2.09. The van der Waals surface area contributed by atoms with E-state index in [4.69, 9.17) is 12.2 Å². The third-order valence-electron chi connectivity index (χ3n) is 3.13. The van der Waals surface area contributed by atoms with Crippen LogP contribution in [0.25, 0.3) is 22.1 Å². The zero-order chi connectivity index (χ0) is 14.2. The van der Waals surface area contributed by atoms with Gasteiger partial charge in [-0.15, -0.1) is 21.5 Å². The van der Waals surface area contributed by atoms with Crippen LogP contribution >= 0.6 is 23.6 Å². The molecule has 0 aliphatic rings. The van der Waals surface area contributed by atoms with Gasteiger partial charge in [0.1, 0.15) is 5.52 Å². The van der Waals surface area contributed by atoms with Gasteiger partial charge in [0.2, 0.25) is 4.77 Å². The fraction of sp³-hybridized carbons (Fsp3) is 0. The molecule has 4 rings (SSSR count). The Kier molecular flexibility index (Phi) is 2.87. The number of benzene rings is 1. The lowest BCUT2D eigenvalue weighted by Gasteiger charge is -1.99. The number of hydrogen-bond acceptors (Lipinski definition) is 5. The van der Waals surface area contributed by atoms with E-state index >= 15 is 0 Å². The first kappa shape index (κ1) is 12.4. The first-order valence-electron chi connectivity index (χ1n) is 6.27. The smallest absolute Gasteiger partial charge is 0.243 e. The molecule has 21 heavy (non-hydrogen) atoms. The Balaban J connectivity index is 1.99. The molecule has 1 aromatic carbocycles. The van der Waals surface area contributed by atoms with Crippen molar-refractivity contribution in [1.82, 2.24) is 19.9 Å². The molecule has 0 radical (unpaired) electrons. The Morgan fingerprint density at radius 1 is 1.19 bits per heavy atom. The maximum absolute atomic E-state index is 5.24. The van der Waals surface area contributed by atoms with E-state index in [2.05, 4.69) is 20.3 Å². The van der Waals surface area contributed by atoms with Crippen LogP contribution in [-0.2, 0) is 0 Å². The van der Waals surface area contributed by atoms with Gasteiger partial charge in [-0.2, -0.15) is 9.78 Å². The zero-order valence-electron chi connectivity index (χ0n) is 10.7. The quantitative estimate of drug-likeness (QED) is 0.454. The number of thiophene rings is 1. The van der Waals surface area contributed by atoms with Crippen molar-refractivity contribution in [2.45, 2.75) is 0 Å². The summed E-state index contributed by atoms with van der Waals surface area (Å²) in [4.78, 5) is 4.35. The molecule has 0 bridgehead atoms. The lowest BCUT2D eigenvalue weighted by atomic mass is 10.2. The highest BCUT2D eigenvalue weighted by Crippen LogP contribution is 2.22. The maximum Gasteiger partial charge on any atom is 0.243 e. The average molecular weight is 311 g/mol. The SMILES string of the molecule is S=c1nnc2c3ccccc3[nH]c2n1N=Cc1cccs1. The van der Waals surface area contributed by atoms with E-state index in [1.807, 2.05) is 41.8 Å². The van der Waals surface area contributed by atoms with Gasteiger partial charge in [0.05, 0.1) is 6.21 Å². The predicted molar refractivity (Wildman–Crippen MR) is 87.5 cm³/mol. The highest BCUT2D eigenvalue weighted by atomic mass is 32.1. The molecular weight excluding hydrogens is 302 g/mol. The molecular formula is C14H9N5S2. The molecule has 0 aliphatic heterocycles. The lowest BCUT2D eigenvalue weighted by molar-refractivity contribution is 0.812. The summed E-state index contributed by atoms with van der Waals surface area (Å²) in [7, 11) is 0. The second-order valence-electron chi connectivity index (χ2n) is 4.42. The summed E-state index contributed by atoms with van der Waals surface area (Å²) in [6.07, 6.45) is 1.77. The highest BCUT2D eigenvalue weighted by molar-refractivity contribution is 7.71. The van der Waals surface area contributed by atoms with Crippen LogP contribution in [0.5, 0.6) is 0 Å². The van der Waals surface area contributed by atoms with Crippen molar-refractivity contribution < 1.29 is 0 Å². The summed E-state index contributed by atoms with van der Waals surface area (Å²) in [6.45, 7) is 0. The average Bonchev–Trinajstić information content (AvgIpc) is 3.13. The first-order valence-corrected chi connectivity index (χ1v) is 7.56. The van der Waals surface area contributed by atoms with Crippen LogP contribution in [0.15, 0.2) is 46.9 Å². The molecule has 0 spiro atoms. The van der Waals surface area contributed by atoms with Gasteiger partial charge in [0.15, 0.2) is 5.65 Å². The van der Waals surface area contributed by atoms with Crippen LogP contribution in [0.2, 0.25) is 0 Å². The fourth-order valence-electron chi connectivity index (χ4n) is 2.18. The van der Waals surface area contributed by atoms with Crippen LogP contribution in [0, 0.1) is 4.77 Å². The molecule has 0 amide bonds. The van der Waals surface area contributed by atoms with Crippen molar-refractivity contribution in [3.8, 4) is 0 Å². The molecule has 0 atom stereocenters. The Hall–Kier alpha value is -2.38. The number of para-hydroxylation sites is 1. The third kappa shape index (κ3) is 2.07. The Bertz CT molecular complexity index is 1010. The second kappa shape index (κ2) is 4.87. The van der Waals surface area contributed by atoms with Gasteiger partial charge in [-0.1, -0.05) is 24.3 Å². The monoisotopic (exact) mass is 311 g/mol. The molecule has 3 heterocycles. The minimum Gasteiger partial charge on any atom is -0.338 e. The molecule has 0 fully saturated rings. The molecule has 0 saturated heterocycles. The van der Waals surface area contributed by atoms with Crippen molar-refractivity contribution in [2.24, 2.45) is 5.10 Å². The second-order valence-corrected chi connectivity index (χ2v) is 5.77. The van der Waals surface area contributed by atoms with Crippen molar-refractivity contribution >= 4 is 51.8 Å². The van der Waals surface area contributed by atoms with Gasteiger partial charge in [-0.05, 0) is 29.7 Å². The molecule has 5 nitrogen and oxygen atoms in total. The molecule has 0 aliphatic carbocycles. The van der Waals surface area contributed by atoms with E-state index in [9.17, 15) is 0 Å². The summed E-state index contributed by atoms with van der Waals surface area (Å²) < 4.78 is 1.93. The van der Waals surface area contributed by atoms with Gasteiger partial charge in [0, 0.05) is 15.8 Å². The van der Waals surface area contributed by atoms with Gasteiger partial charge < -0.3 is 4.98 Å². The maximum atomic E-state index is 5.24. The van der Waals surface area contributed by atoms with E-state index < -0.39 is 0 Å². The van der Waals surface area contributed by atoms with E-state index in [1.165, 1.54) is 0 Å². The van der Waals surface area contributed by atoms with Crippen LogP contribution in [-0.4, -0.2) is 26.1 Å². The van der Waals surface area contributed by atoms with Crippen molar-refractivity contribution in [2.75, 3.05) is 0 Å². The third-order valence-corrected chi connectivity index (χ3v) is 4.19. The zero-order valence-corrected chi connectivity index (χ0v) is 12.4. The summed E-state index contributed by atoms with van der Waals surface area (Å²) in [5.41, 5.74) is 2.51. The molecule has 0 unspecified atom stereocenters. The summed E-state index contributed by atoms with van der Waals surface area (Å²) in [6, 6.07) is 11.9. The molecule has 4 aromatic rings. The predicted octanol–water partition coefficient (Wildman–Crippen LogP) is 3.59. The number of aromatic amines is 1. The number of nitrogens with one attached hydrogen (secondary N) is 1. The molecule has 7 heteroatoms. The number of aromatic nitrogens is 4. The standard InChI is InChI=1S/C14H9N5S2/c20-14-18-17-12-10-5-1-2-6-11(10)16-13(12)19(14)15-8-9-4-3-7-21-9/h1-8,16H. The molecule has 1 N–H and O–H groups in total. The van der Waals surface area contributed by atoms with Crippen molar-refractivity contribution in [3.63, 3.8) is 0 Å². The number of hydrogen-bond donors (Lipinski definition) is 1. The summed E-state index contributed by atoms with van der Waals surface area (Å²) >= 11 is 6.85. The fourth-order valence-corrected chi connectivity index (χ4v) is 2.94. The van der Waals surface area contributed by atoms with Crippen molar-refractivity contribution in [3.05, 3.63) is 51.4 Å². The van der Waals surface area contributed by atoms with Crippen LogP contribution in [0.4, 0.5) is 0 Å². The van der Waals surface area contributed by atoms with E-state index in [-0.39, 0.29) is 0 Å². The number of fused-ring (bicyclic) bond motifs is 3. The largest absolute Gasteiger partial charge is 0.338 e. The number of nitrogens with zero attached hydrogens (tertiary/aromatic N) is 4. The molecule has 0 saturated carbocycles. The Morgan fingerprint density at radius 2 is 2.10 bits per heavy atom. The topological polar surface area (TPSA) is 58.9 Å². The summed E-state index contributed by atoms with van der Waals surface area (Å²) in [5, 5.41) is 15.7. The number of H-pyrrole nitrogens is 1. The van der Waals surface area contributed by atoms with E-state index in [1.54, 1.807) is 22.2 Å². The minimum atomic E-state index is 0.321. The Labute approximate surface area is 128 Å². The molecule has 3 aromatic heterocycles. The lowest BCUT2D eigenvalue weighted by Crippen LogP contribution is -2.00. The van der Waals surface area contributed by atoms with Crippen LogP contribution < -0.4 is 0 Å². The molecule has 102 valence electrons.